The molecule has 0 aromatic heterocycles. The molecule has 0 aromatic rings. The van der Waals surface area contributed by atoms with E-state index in [1.165, 1.54) is 0 Å². The van der Waals surface area contributed by atoms with Gasteiger partial charge in [0.1, 0.15) is 0 Å². The Labute approximate surface area is 94.6 Å². The maximum Gasteiger partial charge on any atom is 0.308 e. The zero-order valence-corrected chi connectivity index (χ0v) is 9.26. The van der Waals surface area contributed by atoms with Gasteiger partial charge >= 0.3 is 5.97 Å². The predicted molar refractivity (Wildman–Crippen MR) is 57.6 cm³/mol. The summed E-state index contributed by atoms with van der Waals surface area (Å²) in [4.78, 5) is 24.5. The lowest BCUT2D eigenvalue weighted by Crippen LogP contribution is -2.34. The van der Waals surface area contributed by atoms with Gasteiger partial charge in [0.15, 0.2) is 0 Å². The number of amides is 1. The summed E-state index contributed by atoms with van der Waals surface area (Å²) < 4.78 is 0. The molecule has 5 nitrogen and oxygen atoms in total. The van der Waals surface area contributed by atoms with E-state index in [2.05, 4.69) is 0 Å². The molecule has 5 heteroatoms. The molecule has 1 saturated carbocycles. The van der Waals surface area contributed by atoms with Crippen LogP contribution in [0.15, 0.2) is 0 Å². The van der Waals surface area contributed by atoms with Gasteiger partial charge in [-0.1, -0.05) is 0 Å². The summed E-state index contributed by atoms with van der Waals surface area (Å²) >= 11 is 0. The van der Waals surface area contributed by atoms with Crippen LogP contribution in [0.5, 0.6) is 0 Å². The smallest absolute Gasteiger partial charge is 0.308 e. The van der Waals surface area contributed by atoms with Crippen LogP contribution < -0.4 is 5.73 Å². The maximum atomic E-state index is 12.0. The standard InChI is InChI=1S/C11H18N2O3/c12-9-2-1-7(5-9)10(14)13-4-3-8(6-13)11(15)16/h7-9H,1-6,12H2,(H,15,16). The van der Waals surface area contributed by atoms with Crippen LogP contribution in [-0.4, -0.2) is 41.0 Å². The van der Waals surface area contributed by atoms with Gasteiger partial charge < -0.3 is 15.7 Å². The van der Waals surface area contributed by atoms with Crippen molar-refractivity contribution in [2.45, 2.75) is 31.7 Å². The fourth-order valence-electron chi connectivity index (χ4n) is 2.66. The first-order chi connectivity index (χ1) is 7.58. The molecule has 2 rings (SSSR count). The minimum Gasteiger partial charge on any atom is -0.481 e. The summed E-state index contributed by atoms with van der Waals surface area (Å²) in [6, 6.07) is 0.145. The second kappa shape index (κ2) is 4.41. The van der Waals surface area contributed by atoms with Gasteiger partial charge in [-0.15, -0.1) is 0 Å². The van der Waals surface area contributed by atoms with Gasteiger partial charge in [-0.3, -0.25) is 9.59 Å². The molecule has 1 aliphatic carbocycles. The third-order valence-corrected chi connectivity index (χ3v) is 3.67. The van der Waals surface area contributed by atoms with Crippen LogP contribution in [0.1, 0.15) is 25.7 Å². The van der Waals surface area contributed by atoms with Gasteiger partial charge in [0.25, 0.3) is 0 Å². The van der Waals surface area contributed by atoms with Crippen molar-refractivity contribution >= 4 is 11.9 Å². The molecule has 0 radical (unpaired) electrons. The molecule has 1 saturated heterocycles. The number of hydrogen-bond acceptors (Lipinski definition) is 3. The van der Waals surface area contributed by atoms with E-state index in [0.717, 1.165) is 19.3 Å². The van der Waals surface area contributed by atoms with E-state index >= 15 is 0 Å². The number of carboxylic acid groups (broad SMARTS) is 1. The van der Waals surface area contributed by atoms with Crippen LogP contribution in [0.4, 0.5) is 0 Å². The minimum absolute atomic E-state index is 0.0301. The molecule has 2 fully saturated rings. The van der Waals surface area contributed by atoms with Gasteiger partial charge in [0.2, 0.25) is 5.91 Å². The average Bonchev–Trinajstić information content (AvgIpc) is 2.84. The Morgan fingerprint density at radius 2 is 1.94 bits per heavy atom. The average molecular weight is 226 g/mol. The molecule has 16 heavy (non-hydrogen) atoms. The van der Waals surface area contributed by atoms with E-state index in [4.69, 9.17) is 10.8 Å². The molecule has 0 aromatic carbocycles. The Bertz CT molecular complexity index is 306. The van der Waals surface area contributed by atoms with Crippen LogP contribution in [0.2, 0.25) is 0 Å². The maximum absolute atomic E-state index is 12.0. The van der Waals surface area contributed by atoms with Crippen LogP contribution in [0.25, 0.3) is 0 Å². The Hall–Kier alpha value is -1.10. The van der Waals surface area contributed by atoms with Gasteiger partial charge in [-0.2, -0.15) is 0 Å². The zero-order chi connectivity index (χ0) is 11.7. The quantitative estimate of drug-likeness (QED) is 0.696. The molecular formula is C11H18N2O3. The van der Waals surface area contributed by atoms with Crippen molar-refractivity contribution in [2.75, 3.05) is 13.1 Å². The summed E-state index contributed by atoms with van der Waals surface area (Å²) in [7, 11) is 0. The predicted octanol–water partition coefficient (Wildman–Crippen LogP) is 0.0469. The van der Waals surface area contributed by atoms with E-state index in [0.29, 0.717) is 19.5 Å². The first-order valence-corrected chi connectivity index (χ1v) is 5.85. The molecule has 90 valence electrons. The van der Waals surface area contributed by atoms with Crippen molar-refractivity contribution < 1.29 is 14.7 Å². The van der Waals surface area contributed by atoms with Gasteiger partial charge in [-0.05, 0) is 25.7 Å². The number of carbonyl (C=O) groups excluding carboxylic acids is 1. The summed E-state index contributed by atoms with van der Waals surface area (Å²) in [5.41, 5.74) is 5.77. The number of nitrogens with zero attached hydrogens (tertiary/aromatic N) is 1. The molecule has 3 atom stereocenters. The Balaban J connectivity index is 1.89. The highest BCUT2D eigenvalue weighted by molar-refractivity contribution is 5.81. The lowest BCUT2D eigenvalue weighted by atomic mass is 10.1. The molecule has 1 amide bonds. The molecule has 1 heterocycles. The number of likely N-dealkylation sites (tertiary alicyclic amines) is 1. The molecule has 2 aliphatic rings. The highest BCUT2D eigenvalue weighted by Crippen LogP contribution is 2.28. The van der Waals surface area contributed by atoms with Crippen molar-refractivity contribution in [3.63, 3.8) is 0 Å². The van der Waals surface area contributed by atoms with Crippen molar-refractivity contribution in [1.82, 2.24) is 4.90 Å². The first-order valence-electron chi connectivity index (χ1n) is 5.85. The van der Waals surface area contributed by atoms with E-state index in [9.17, 15) is 9.59 Å². The third-order valence-electron chi connectivity index (χ3n) is 3.67. The van der Waals surface area contributed by atoms with E-state index in [1.54, 1.807) is 4.90 Å². The van der Waals surface area contributed by atoms with Crippen LogP contribution >= 0.6 is 0 Å². The van der Waals surface area contributed by atoms with Crippen molar-refractivity contribution in [2.24, 2.45) is 17.6 Å². The van der Waals surface area contributed by atoms with Gasteiger partial charge in [-0.25, -0.2) is 0 Å². The molecule has 3 unspecified atom stereocenters. The lowest BCUT2D eigenvalue weighted by molar-refractivity contribution is -0.141. The van der Waals surface area contributed by atoms with E-state index in [-0.39, 0.29) is 23.8 Å². The molecule has 3 N–H and O–H groups in total. The van der Waals surface area contributed by atoms with Gasteiger partial charge in [0, 0.05) is 25.0 Å². The monoisotopic (exact) mass is 226 g/mol. The summed E-state index contributed by atoms with van der Waals surface area (Å²) in [6.45, 7) is 0.960. The van der Waals surface area contributed by atoms with Crippen LogP contribution in [0, 0.1) is 11.8 Å². The molecular weight excluding hydrogens is 208 g/mol. The Kier molecular flexibility index (Phi) is 3.14. The lowest BCUT2D eigenvalue weighted by Gasteiger charge is -2.20. The van der Waals surface area contributed by atoms with Gasteiger partial charge in [0.05, 0.1) is 5.92 Å². The normalized spacial score (nSPS) is 34.3. The van der Waals surface area contributed by atoms with Crippen molar-refractivity contribution in [1.29, 1.82) is 0 Å². The highest BCUT2D eigenvalue weighted by Gasteiger charge is 2.36. The summed E-state index contributed by atoms with van der Waals surface area (Å²) in [5.74, 6) is -1.03. The third kappa shape index (κ3) is 2.19. The van der Waals surface area contributed by atoms with Crippen LogP contribution in [0.3, 0.4) is 0 Å². The topological polar surface area (TPSA) is 83.6 Å². The van der Waals surface area contributed by atoms with Crippen LogP contribution in [-0.2, 0) is 9.59 Å². The Morgan fingerprint density at radius 3 is 2.44 bits per heavy atom. The fraction of sp³-hybridized carbons (Fsp3) is 0.818. The Morgan fingerprint density at radius 1 is 1.19 bits per heavy atom. The zero-order valence-electron chi connectivity index (χ0n) is 9.26. The van der Waals surface area contributed by atoms with E-state index in [1.807, 2.05) is 0 Å². The number of aliphatic carboxylic acids is 1. The van der Waals surface area contributed by atoms with Crippen molar-refractivity contribution in [3.05, 3.63) is 0 Å². The van der Waals surface area contributed by atoms with Crippen molar-refractivity contribution in [3.8, 4) is 0 Å². The summed E-state index contributed by atoms with van der Waals surface area (Å²) in [5, 5.41) is 8.86. The summed E-state index contributed by atoms with van der Waals surface area (Å²) in [6.07, 6.45) is 3.10. The number of carboxylic acids is 1. The molecule has 1 aliphatic heterocycles. The SMILES string of the molecule is NC1CCC(C(=O)N2CCC(C(=O)O)C2)C1. The molecule has 0 bridgehead atoms. The first kappa shape index (κ1) is 11.4. The minimum atomic E-state index is -0.793. The highest BCUT2D eigenvalue weighted by atomic mass is 16.4. The number of carbonyl (C=O) groups is 2. The number of nitrogens with two attached hydrogens (primary N) is 1. The second-order valence-corrected chi connectivity index (χ2v) is 4.88. The molecule has 0 spiro atoms. The number of rotatable bonds is 2. The largest absolute Gasteiger partial charge is 0.481 e. The van der Waals surface area contributed by atoms with E-state index < -0.39 is 5.97 Å². The second-order valence-electron chi connectivity index (χ2n) is 4.88. The number of hydrogen-bond donors (Lipinski definition) is 2. The fourth-order valence-corrected chi connectivity index (χ4v) is 2.66.